The van der Waals surface area contributed by atoms with Crippen LogP contribution in [0.1, 0.15) is 49.7 Å². The first-order valence-corrected chi connectivity index (χ1v) is 13.8. The van der Waals surface area contributed by atoms with Crippen LogP contribution in [-0.2, 0) is 14.3 Å². The summed E-state index contributed by atoms with van der Waals surface area (Å²) in [7, 11) is 1.64. The molecular weight excluding hydrogens is 526 g/mol. The number of rotatable bonds is 8. The van der Waals surface area contributed by atoms with Crippen LogP contribution in [-0.4, -0.2) is 37.0 Å². The molecule has 2 aliphatic rings. The van der Waals surface area contributed by atoms with E-state index in [1.54, 1.807) is 18.9 Å². The highest BCUT2D eigenvalue weighted by Crippen LogP contribution is 2.46. The van der Waals surface area contributed by atoms with Gasteiger partial charge >= 0.3 is 5.97 Å². The smallest absolute Gasteiger partial charge is 0.336 e. The number of ketones is 1. The SMILES string of the molecule is CCSCCOC(=O)C1=C(C)NC2=C(C(=O)C[C@@H](c3ccc(OC)cc3)C2)[C@@H]1c1ccc(Br)cc1. The number of carbonyl (C=O) groups is 2. The van der Waals surface area contributed by atoms with Gasteiger partial charge in [-0.2, -0.15) is 11.8 Å². The summed E-state index contributed by atoms with van der Waals surface area (Å²) >= 11 is 5.22. The molecule has 35 heavy (non-hydrogen) atoms. The van der Waals surface area contributed by atoms with Crippen molar-refractivity contribution >= 4 is 39.4 Å². The minimum atomic E-state index is -0.449. The molecule has 184 valence electrons. The van der Waals surface area contributed by atoms with Gasteiger partial charge in [0.1, 0.15) is 12.4 Å². The highest BCUT2D eigenvalue weighted by Gasteiger charge is 2.41. The Balaban J connectivity index is 1.69. The average molecular weight is 557 g/mol. The topological polar surface area (TPSA) is 64.6 Å². The molecule has 0 fully saturated rings. The first-order chi connectivity index (χ1) is 16.9. The van der Waals surface area contributed by atoms with Crippen LogP contribution in [0, 0.1) is 0 Å². The number of allylic oxidation sites excluding steroid dienone is 3. The fourth-order valence-corrected chi connectivity index (χ4v) is 5.58. The van der Waals surface area contributed by atoms with Crippen LogP contribution in [0.5, 0.6) is 5.75 Å². The Morgan fingerprint density at radius 1 is 1.09 bits per heavy atom. The Hall–Kier alpha value is -2.51. The van der Waals surface area contributed by atoms with Gasteiger partial charge in [0, 0.05) is 39.5 Å². The third kappa shape index (κ3) is 5.67. The van der Waals surface area contributed by atoms with Gasteiger partial charge in [0.2, 0.25) is 0 Å². The molecule has 0 unspecified atom stereocenters. The summed E-state index contributed by atoms with van der Waals surface area (Å²) in [5, 5.41) is 3.41. The maximum atomic E-state index is 13.7. The molecule has 0 amide bonds. The molecule has 0 saturated heterocycles. The van der Waals surface area contributed by atoms with Gasteiger partial charge in [0.25, 0.3) is 0 Å². The number of methoxy groups -OCH3 is 1. The van der Waals surface area contributed by atoms with E-state index in [0.29, 0.717) is 30.6 Å². The zero-order valence-corrected chi connectivity index (χ0v) is 22.6. The molecular formula is C28H30BrNO4S. The van der Waals surface area contributed by atoms with Crippen molar-refractivity contribution in [3.05, 3.63) is 86.7 Å². The maximum Gasteiger partial charge on any atom is 0.336 e. The molecule has 2 atom stereocenters. The predicted molar refractivity (Wildman–Crippen MR) is 144 cm³/mol. The number of ether oxygens (including phenoxy) is 2. The molecule has 4 rings (SSSR count). The Morgan fingerprint density at radius 2 is 1.77 bits per heavy atom. The first kappa shape index (κ1) is 25.6. The number of Topliss-reactive ketones (excluding diaryl/α,β-unsaturated/α-hetero) is 1. The minimum Gasteiger partial charge on any atom is -0.497 e. The number of carbonyl (C=O) groups excluding carboxylic acids is 2. The van der Waals surface area contributed by atoms with Crippen LogP contribution < -0.4 is 10.1 Å². The maximum absolute atomic E-state index is 13.7. The molecule has 2 aromatic rings. The molecule has 0 radical (unpaired) electrons. The van der Waals surface area contributed by atoms with E-state index in [0.717, 1.165) is 44.2 Å². The summed E-state index contributed by atoms with van der Waals surface area (Å²) in [6.45, 7) is 4.32. The first-order valence-electron chi connectivity index (χ1n) is 11.8. The van der Waals surface area contributed by atoms with E-state index < -0.39 is 5.92 Å². The van der Waals surface area contributed by atoms with E-state index in [4.69, 9.17) is 9.47 Å². The van der Waals surface area contributed by atoms with Crippen LogP contribution >= 0.6 is 27.7 Å². The van der Waals surface area contributed by atoms with Gasteiger partial charge in [-0.05, 0) is 60.4 Å². The van der Waals surface area contributed by atoms with Crippen LogP contribution in [0.3, 0.4) is 0 Å². The summed E-state index contributed by atoms with van der Waals surface area (Å²) in [4.78, 5) is 26.9. The van der Waals surface area contributed by atoms with Gasteiger partial charge in [-0.15, -0.1) is 0 Å². The molecule has 0 aromatic heterocycles. The van der Waals surface area contributed by atoms with Crippen LogP contribution in [0.4, 0.5) is 0 Å². The molecule has 7 heteroatoms. The lowest BCUT2D eigenvalue weighted by Crippen LogP contribution is -2.36. The lowest BCUT2D eigenvalue weighted by atomic mass is 9.72. The van der Waals surface area contributed by atoms with E-state index in [1.165, 1.54) is 0 Å². The molecule has 1 aliphatic heterocycles. The second kappa shape index (κ2) is 11.5. The summed E-state index contributed by atoms with van der Waals surface area (Å²) in [5.74, 6) is 1.83. The van der Waals surface area contributed by atoms with Gasteiger partial charge in [-0.25, -0.2) is 4.79 Å². The third-order valence-electron chi connectivity index (χ3n) is 6.50. The molecule has 1 N–H and O–H groups in total. The van der Waals surface area contributed by atoms with E-state index in [1.807, 2.05) is 55.5 Å². The Kier molecular flexibility index (Phi) is 8.39. The highest BCUT2D eigenvalue weighted by molar-refractivity contribution is 9.10. The molecule has 5 nitrogen and oxygen atoms in total. The number of benzene rings is 2. The summed E-state index contributed by atoms with van der Waals surface area (Å²) < 4.78 is 11.9. The number of esters is 1. The van der Waals surface area contributed by atoms with Gasteiger partial charge in [0.15, 0.2) is 5.78 Å². The van der Waals surface area contributed by atoms with E-state index in [9.17, 15) is 9.59 Å². The van der Waals surface area contributed by atoms with Crippen molar-refractivity contribution in [3.8, 4) is 5.75 Å². The number of dihydropyridines is 1. The second-order valence-electron chi connectivity index (χ2n) is 8.67. The van der Waals surface area contributed by atoms with Crippen molar-refractivity contribution in [2.45, 2.75) is 38.5 Å². The third-order valence-corrected chi connectivity index (χ3v) is 7.90. The van der Waals surface area contributed by atoms with Crippen molar-refractivity contribution in [1.82, 2.24) is 5.32 Å². The lowest BCUT2D eigenvalue weighted by Gasteiger charge is -2.36. The Labute approximate surface area is 219 Å². The molecule has 0 spiro atoms. The number of halogens is 1. The fourth-order valence-electron chi connectivity index (χ4n) is 4.83. The Morgan fingerprint density at radius 3 is 2.43 bits per heavy atom. The molecule has 0 bridgehead atoms. The fraction of sp³-hybridized carbons (Fsp3) is 0.357. The molecule has 2 aromatic carbocycles. The van der Waals surface area contributed by atoms with Crippen molar-refractivity contribution in [2.75, 3.05) is 25.2 Å². The monoisotopic (exact) mass is 555 g/mol. The zero-order chi connectivity index (χ0) is 24.9. The van der Waals surface area contributed by atoms with Crippen molar-refractivity contribution in [3.63, 3.8) is 0 Å². The number of hydrogen-bond acceptors (Lipinski definition) is 6. The van der Waals surface area contributed by atoms with Crippen molar-refractivity contribution < 1.29 is 19.1 Å². The highest BCUT2D eigenvalue weighted by atomic mass is 79.9. The van der Waals surface area contributed by atoms with E-state index in [-0.39, 0.29) is 17.7 Å². The molecule has 0 saturated carbocycles. The van der Waals surface area contributed by atoms with Crippen LogP contribution in [0.15, 0.2) is 75.5 Å². The molecule has 1 aliphatic carbocycles. The largest absolute Gasteiger partial charge is 0.497 e. The van der Waals surface area contributed by atoms with Gasteiger partial charge < -0.3 is 14.8 Å². The van der Waals surface area contributed by atoms with Crippen molar-refractivity contribution in [2.24, 2.45) is 0 Å². The van der Waals surface area contributed by atoms with Gasteiger partial charge in [0.05, 0.1) is 12.7 Å². The lowest BCUT2D eigenvalue weighted by molar-refractivity contribution is -0.138. The van der Waals surface area contributed by atoms with E-state index >= 15 is 0 Å². The summed E-state index contributed by atoms with van der Waals surface area (Å²) in [6, 6.07) is 15.7. The normalized spacial score (nSPS) is 19.8. The van der Waals surface area contributed by atoms with Crippen LogP contribution in [0.2, 0.25) is 0 Å². The number of nitrogens with one attached hydrogen (secondary N) is 1. The summed E-state index contributed by atoms with van der Waals surface area (Å²) in [6.07, 6.45) is 1.10. The zero-order valence-electron chi connectivity index (χ0n) is 20.2. The minimum absolute atomic E-state index is 0.0619. The Bertz CT molecular complexity index is 1150. The molecule has 1 heterocycles. The van der Waals surface area contributed by atoms with Crippen LogP contribution in [0.25, 0.3) is 0 Å². The second-order valence-corrected chi connectivity index (χ2v) is 11.0. The standard InChI is InChI=1S/C28H30BrNO4S/c1-4-35-14-13-34-28(32)25-17(2)30-23-15-20(18-7-11-22(33-3)12-8-18)16-24(31)27(23)26(25)19-5-9-21(29)10-6-19/h5-12,20,26,30H,4,13-16H2,1-3H3/t20-,26+/m0/s1. The average Bonchev–Trinajstić information content (AvgIpc) is 2.86. The van der Waals surface area contributed by atoms with Gasteiger partial charge in [-0.3, -0.25) is 4.79 Å². The quantitative estimate of drug-likeness (QED) is 0.313. The van der Waals surface area contributed by atoms with Gasteiger partial charge in [-0.1, -0.05) is 47.1 Å². The predicted octanol–water partition coefficient (Wildman–Crippen LogP) is 6.12. The summed E-state index contributed by atoms with van der Waals surface area (Å²) in [5.41, 5.74) is 4.85. The number of hydrogen-bond donors (Lipinski definition) is 1. The van der Waals surface area contributed by atoms with E-state index in [2.05, 4.69) is 28.2 Å². The number of thioether (sulfide) groups is 1. The van der Waals surface area contributed by atoms with Crippen molar-refractivity contribution in [1.29, 1.82) is 0 Å².